The van der Waals surface area contributed by atoms with Gasteiger partial charge in [-0.25, -0.2) is 4.98 Å². The van der Waals surface area contributed by atoms with Gasteiger partial charge in [-0.3, -0.25) is 10.1 Å². The molecule has 0 aliphatic carbocycles. The molecular formula is C10H13N5O2. The number of hydrogen-bond acceptors (Lipinski definition) is 5. The number of fused-ring (bicyclic) bond motifs is 1. The molecule has 0 atom stereocenters. The molecule has 90 valence electrons. The summed E-state index contributed by atoms with van der Waals surface area (Å²) in [6.07, 6.45) is 1.62. The molecule has 0 aromatic carbocycles. The van der Waals surface area contributed by atoms with Crippen LogP contribution >= 0.6 is 0 Å². The highest BCUT2D eigenvalue weighted by molar-refractivity contribution is 5.88. The molecule has 1 N–H and O–H groups in total. The van der Waals surface area contributed by atoms with E-state index in [0.717, 1.165) is 0 Å². The lowest BCUT2D eigenvalue weighted by atomic mass is 10.5. The van der Waals surface area contributed by atoms with Gasteiger partial charge in [-0.15, -0.1) is 0 Å². The lowest BCUT2D eigenvalue weighted by molar-refractivity contribution is -0.114. The van der Waals surface area contributed by atoms with Crippen molar-refractivity contribution < 1.29 is 9.53 Å². The van der Waals surface area contributed by atoms with Gasteiger partial charge < -0.3 is 9.30 Å². The van der Waals surface area contributed by atoms with Crippen LogP contribution in [0.4, 0.5) is 5.95 Å². The molecule has 2 heterocycles. The van der Waals surface area contributed by atoms with Crippen LogP contribution in [0, 0.1) is 0 Å². The summed E-state index contributed by atoms with van der Waals surface area (Å²) in [5.41, 5.74) is 1.20. The van der Waals surface area contributed by atoms with E-state index in [1.807, 2.05) is 14.0 Å². The topological polar surface area (TPSA) is 81.9 Å². The van der Waals surface area contributed by atoms with Crippen LogP contribution in [-0.2, 0) is 11.8 Å². The molecular weight excluding hydrogens is 222 g/mol. The van der Waals surface area contributed by atoms with Crippen molar-refractivity contribution in [3.8, 4) is 5.88 Å². The highest BCUT2D eigenvalue weighted by atomic mass is 16.5. The van der Waals surface area contributed by atoms with Crippen LogP contribution in [0.1, 0.15) is 13.8 Å². The van der Waals surface area contributed by atoms with Gasteiger partial charge in [0.15, 0.2) is 11.2 Å². The van der Waals surface area contributed by atoms with Crippen molar-refractivity contribution in [1.29, 1.82) is 0 Å². The summed E-state index contributed by atoms with van der Waals surface area (Å²) in [6.45, 7) is 3.73. The summed E-state index contributed by atoms with van der Waals surface area (Å²) in [5, 5.41) is 2.53. The van der Waals surface area contributed by atoms with Crippen LogP contribution in [-0.4, -0.2) is 32.0 Å². The molecule has 0 radical (unpaired) electrons. The van der Waals surface area contributed by atoms with E-state index in [1.165, 1.54) is 6.92 Å². The number of nitrogens with zero attached hydrogens (tertiary/aromatic N) is 4. The summed E-state index contributed by atoms with van der Waals surface area (Å²) >= 11 is 0. The third-order valence-electron chi connectivity index (χ3n) is 2.10. The summed E-state index contributed by atoms with van der Waals surface area (Å²) < 4.78 is 7.12. The Hall–Kier alpha value is -2.18. The molecule has 0 fully saturated rings. The molecule has 2 rings (SSSR count). The Labute approximate surface area is 97.8 Å². The zero-order chi connectivity index (χ0) is 12.4. The molecule has 0 saturated heterocycles. The van der Waals surface area contributed by atoms with E-state index in [0.29, 0.717) is 23.7 Å². The van der Waals surface area contributed by atoms with E-state index in [4.69, 9.17) is 4.74 Å². The van der Waals surface area contributed by atoms with E-state index in [9.17, 15) is 4.79 Å². The number of hydrogen-bond donors (Lipinski definition) is 1. The van der Waals surface area contributed by atoms with Crippen molar-refractivity contribution in [1.82, 2.24) is 19.5 Å². The first-order chi connectivity index (χ1) is 8.11. The first-order valence-corrected chi connectivity index (χ1v) is 5.21. The molecule has 0 aliphatic heterocycles. The van der Waals surface area contributed by atoms with Crippen LogP contribution in [0.2, 0.25) is 0 Å². The molecule has 7 heteroatoms. The minimum atomic E-state index is -0.228. The Morgan fingerprint density at radius 3 is 2.94 bits per heavy atom. The Morgan fingerprint density at radius 1 is 1.53 bits per heavy atom. The predicted molar refractivity (Wildman–Crippen MR) is 61.8 cm³/mol. The molecule has 2 aromatic heterocycles. The number of carbonyl (C=O) groups is 1. The molecule has 0 unspecified atom stereocenters. The van der Waals surface area contributed by atoms with Crippen molar-refractivity contribution >= 4 is 23.0 Å². The SMILES string of the molecule is CCOc1nc(NC(C)=O)nc2c1ncn2C. The van der Waals surface area contributed by atoms with Crippen molar-refractivity contribution in [3.63, 3.8) is 0 Å². The van der Waals surface area contributed by atoms with Crippen molar-refractivity contribution in [2.45, 2.75) is 13.8 Å². The van der Waals surface area contributed by atoms with Crippen LogP contribution in [0.25, 0.3) is 11.2 Å². The maximum atomic E-state index is 11.0. The number of aryl methyl sites for hydroxylation is 1. The highest BCUT2D eigenvalue weighted by Gasteiger charge is 2.13. The molecule has 0 aliphatic rings. The van der Waals surface area contributed by atoms with E-state index in [-0.39, 0.29) is 11.9 Å². The van der Waals surface area contributed by atoms with Crippen molar-refractivity contribution in [3.05, 3.63) is 6.33 Å². The quantitative estimate of drug-likeness (QED) is 0.847. The Kier molecular flexibility index (Phi) is 2.90. The number of rotatable bonds is 3. The van der Waals surface area contributed by atoms with E-state index < -0.39 is 0 Å². The fourth-order valence-electron chi connectivity index (χ4n) is 1.43. The van der Waals surface area contributed by atoms with E-state index in [1.54, 1.807) is 10.9 Å². The van der Waals surface area contributed by atoms with Gasteiger partial charge in [0.1, 0.15) is 0 Å². The van der Waals surface area contributed by atoms with Gasteiger partial charge in [-0.05, 0) is 6.92 Å². The van der Waals surface area contributed by atoms with Gasteiger partial charge in [-0.1, -0.05) is 0 Å². The molecule has 0 bridgehead atoms. The standard InChI is InChI=1S/C10H13N5O2/c1-4-17-9-7-8(15(3)5-11-7)13-10(14-9)12-6(2)16/h5H,4H2,1-3H3,(H,12,13,14,16). The second kappa shape index (κ2) is 4.36. The second-order valence-electron chi connectivity index (χ2n) is 3.49. The van der Waals surface area contributed by atoms with Crippen molar-refractivity contribution in [2.24, 2.45) is 7.05 Å². The smallest absolute Gasteiger partial charge is 0.247 e. The lowest BCUT2D eigenvalue weighted by Gasteiger charge is -2.06. The largest absolute Gasteiger partial charge is 0.476 e. The Morgan fingerprint density at radius 2 is 2.29 bits per heavy atom. The molecule has 0 spiro atoms. The minimum Gasteiger partial charge on any atom is -0.476 e. The number of anilines is 1. The van der Waals surface area contributed by atoms with Crippen LogP contribution < -0.4 is 10.1 Å². The van der Waals surface area contributed by atoms with Crippen molar-refractivity contribution in [2.75, 3.05) is 11.9 Å². The average molecular weight is 235 g/mol. The third-order valence-corrected chi connectivity index (χ3v) is 2.10. The molecule has 1 amide bonds. The first-order valence-electron chi connectivity index (χ1n) is 5.21. The number of ether oxygens (including phenoxy) is 1. The summed E-state index contributed by atoms with van der Waals surface area (Å²) in [5.74, 6) is 0.368. The fourth-order valence-corrected chi connectivity index (χ4v) is 1.43. The number of carbonyl (C=O) groups excluding carboxylic acids is 1. The number of nitrogens with one attached hydrogen (secondary N) is 1. The van der Waals surface area contributed by atoms with Crippen LogP contribution in [0.3, 0.4) is 0 Å². The molecule has 0 saturated carbocycles. The maximum Gasteiger partial charge on any atom is 0.247 e. The predicted octanol–water partition coefficient (Wildman–Crippen LogP) is 0.720. The maximum absolute atomic E-state index is 11.0. The van der Waals surface area contributed by atoms with Crippen LogP contribution in [0.15, 0.2) is 6.33 Å². The fraction of sp³-hybridized carbons (Fsp3) is 0.400. The lowest BCUT2D eigenvalue weighted by Crippen LogP contribution is -2.11. The van der Waals surface area contributed by atoms with Crippen LogP contribution in [0.5, 0.6) is 5.88 Å². The number of amides is 1. The monoisotopic (exact) mass is 235 g/mol. The number of aromatic nitrogens is 4. The van der Waals surface area contributed by atoms with Gasteiger partial charge in [0, 0.05) is 14.0 Å². The van der Waals surface area contributed by atoms with Gasteiger partial charge in [0.2, 0.25) is 17.7 Å². The zero-order valence-corrected chi connectivity index (χ0v) is 9.89. The normalized spacial score (nSPS) is 10.5. The highest BCUT2D eigenvalue weighted by Crippen LogP contribution is 2.21. The molecule has 7 nitrogen and oxygen atoms in total. The van der Waals surface area contributed by atoms with E-state index >= 15 is 0 Å². The minimum absolute atomic E-state index is 0.219. The van der Waals surface area contributed by atoms with Gasteiger partial charge >= 0.3 is 0 Å². The summed E-state index contributed by atoms with van der Waals surface area (Å²) in [4.78, 5) is 23.4. The number of imidazole rings is 1. The molecule has 2 aromatic rings. The van der Waals surface area contributed by atoms with Gasteiger partial charge in [0.05, 0.1) is 12.9 Å². The average Bonchev–Trinajstić information content (AvgIpc) is 2.60. The van der Waals surface area contributed by atoms with E-state index in [2.05, 4.69) is 20.3 Å². The van der Waals surface area contributed by atoms with Gasteiger partial charge in [0.25, 0.3) is 0 Å². The Balaban J connectivity index is 2.56. The second-order valence-corrected chi connectivity index (χ2v) is 3.49. The summed E-state index contributed by atoms with van der Waals surface area (Å²) in [7, 11) is 1.82. The summed E-state index contributed by atoms with van der Waals surface area (Å²) in [6, 6.07) is 0. The molecule has 17 heavy (non-hydrogen) atoms. The zero-order valence-electron chi connectivity index (χ0n) is 9.89. The first kappa shape index (κ1) is 11.3. The third kappa shape index (κ3) is 2.17. The van der Waals surface area contributed by atoms with Gasteiger partial charge in [-0.2, -0.15) is 9.97 Å². The Bertz CT molecular complexity index is 563.